The zero-order valence-corrected chi connectivity index (χ0v) is 14.6. The SMILES string of the molecule is Cc1cc(OCC(=O)NNC(=S)NC[C@H]2CCCO2)ccc1[N+](=O)[O-]. The van der Waals surface area contributed by atoms with Gasteiger partial charge in [0, 0.05) is 24.8 Å². The lowest BCUT2D eigenvalue weighted by Crippen LogP contribution is -2.49. The first-order chi connectivity index (χ1) is 12.0. The number of thiocarbonyl (C=S) groups is 1. The van der Waals surface area contributed by atoms with Gasteiger partial charge in [-0.25, -0.2) is 0 Å². The number of carbonyl (C=O) groups is 1. The van der Waals surface area contributed by atoms with E-state index in [0.29, 0.717) is 17.9 Å². The summed E-state index contributed by atoms with van der Waals surface area (Å²) in [6.07, 6.45) is 2.18. The second-order valence-electron chi connectivity index (χ2n) is 5.51. The van der Waals surface area contributed by atoms with Crippen molar-refractivity contribution in [2.24, 2.45) is 0 Å². The molecule has 1 saturated heterocycles. The average molecular weight is 368 g/mol. The van der Waals surface area contributed by atoms with Gasteiger partial charge in [0.05, 0.1) is 11.0 Å². The van der Waals surface area contributed by atoms with Crippen LogP contribution >= 0.6 is 12.2 Å². The van der Waals surface area contributed by atoms with E-state index in [9.17, 15) is 14.9 Å². The Hall–Kier alpha value is -2.46. The first-order valence-electron chi connectivity index (χ1n) is 7.78. The highest BCUT2D eigenvalue weighted by molar-refractivity contribution is 7.80. The Morgan fingerprint density at radius 3 is 2.92 bits per heavy atom. The number of hydrogen-bond acceptors (Lipinski definition) is 6. The first kappa shape index (κ1) is 18.9. The number of hydrogen-bond donors (Lipinski definition) is 3. The van der Waals surface area contributed by atoms with Crippen molar-refractivity contribution in [3.05, 3.63) is 33.9 Å². The Morgan fingerprint density at radius 1 is 1.48 bits per heavy atom. The predicted molar refractivity (Wildman–Crippen MR) is 94.2 cm³/mol. The Bertz CT molecular complexity index is 649. The summed E-state index contributed by atoms with van der Waals surface area (Å²) < 4.78 is 10.7. The van der Waals surface area contributed by atoms with Crippen molar-refractivity contribution in [2.45, 2.75) is 25.9 Å². The van der Waals surface area contributed by atoms with Crippen molar-refractivity contribution < 1.29 is 19.2 Å². The molecular formula is C15H20N4O5S. The van der Waals surface area contributed by atoms with Crippen LogP contribution in [0, 0.1) is 17.0 Å². The van der Waals surface area contributed by atoms with Gasteiger partial charge in [-0.15, -0.1) is 0 Å². The molecule has 136 valence electrons. The number of nitro benzene ring substituents is 1. The van der Waals surface area contributed by atoms with Crippen LogP contribution in [0.5, 0.6) is 5.75 Å². The molecule has 0 radical (unpaired) electrons. The zero-order valence-electron chi connectivity index (χ0n) is 13.7. The average Bonchev–Trinajstić information content (AvgIpc) is 3.09. The number of nitrogens with zero attached hydrogens (tertiary/aromatic N) is 1. The zero-order chi connectivity index (χ0) is 18.2. The van der Waals surface area contributed by atoms with Crippen molar-refractivity contribution in [1.29, 1.82) is 0 Å². The Morgan fingerprint density at radius 2 is 2.28 bits per heavy atom. The summed E-state index contributed by atoms with van der Waals surface area (Å²) in [6.45, 7) is 2.70. The minimum Gasteiger partial charge on any atom is -0.484 e. The molecule has 0 saturated carbocycles. The third-order valence-corrected chi connectivity index (χ3v) is 3.81. The van der Waals surface area contributed by atoms with Gasteiger partial charge >= 0.3 is 0 Å². The van der Waals surface area contributed by atoms with E-state index < -0.39 is 10.8 Å². The van der Waals surface area contributed by atoms with Gasteiger partial charge < -0.3 is 14.8 Å². The van der Waals surface area contributed by atoms with Crippen LogP contribution < -0.4 is 20.9 Å². The van der Waals surface area contributed by atoms with Crippen LogP contribution in [-0.4, -0.2) is 41.8 Å². The van der Waals surface area contributed by atoms with Crippen LogP contribution in [0.4, 0.5) is 5.69 Å². The molecule has 1 aromatic carbocycles. The third kappa shape index (κ3) is 6.16. The molecule has 2 rings (SSSR count). The van der Waals surface area contributed by atoms with Gasteiger partial charge in [-0.05, 0) is 44.1 Å². The number of aryl methyl sites for hydroxylation is 1. The molecule has 1 fully saturated rings. The maximum atomic E-state index is 11.7. The summed E-state index contributed by atoms with van der Waals surface area (Å²) in [5, 5.41) is 14.0. The molecule has 1 atom stereocenters. The van der Waals surface area contributed by atoms with E-state index in [4.69, 9.17) is 21.7 Å². The van der Waals surface area contributed by atoms with Gasteiger partial charge in [0.15, 0.2) is 11.7 Å². The van der Waals surface area contributed by atoms with E-state index in [2.05, 4.69) is 16.2 Å². The molecule has 1 heterocycles. The van der Waals surface area contributed by atoms with Crippen molar-refractivity contribution in [2.75, 3.05) is 19.8 Å². The topological polar surface area (TPSA) is 115 Å². The van der Waals surface area contributed by atoms with Crippen LogP contribution in [0.3, 0.4) is 0 Å². The van der Waals surface area contributed by atoms with Gasteiger partial charge in [-0.1, -0.05) is 0 Å². The highest BCUT2D eigenvalue weighted by Gasteiger charge is 2.15. The highest BCUT2D eigenvalue weighted by Crippen LogP contribution is 2.22. The summed E-state index contributed by atoms with van der Waals surface area (Å²) in [7, 11) is 0. The molecule has 0 unspecified atom stereocenters. The molecule has 1 aliphatic rings. The number of nitro groups is 1. The molecule has 25 heavy (non-hydrogen) atoms. The summed E-state index contributed by atoms with van der Waals surface area (Å²) >= 11 is 5.04. The van der Waals surface area contributed by atoms with Gasteiger partial charge in [-0.3, -0.25) is 25.8 Å². The van der Waals surface area contributed by atoms with Gasteiger partial charge in [0.1, 0.15) is 5.75 Å². The second kappa shape index (κ2) is 9.14. The summed E-state index contributed by atoms with van der Waals surface area (Å²) in [5.74, 6) is -0.0606. The summed E-state index contributed by atoms with van der Waals surface area (Å²) in [6, 6.07) is 4.29. The lowest BCUT2D eigenvalue weighted by Gasteiger charge is -2.14. The number of amides is 1. The Labute approximate surface area is 150 Å². The molecular weight excluding hydrogens is 348 g/mol. The second-order valence-corrected chi connectivity index (χ2v) is 5.92. The third-order valence-electron chi connectivity index (χ3n) is 3.56. The number of hydrazine groups is 1. The molecule has 9 nitrogen and oxygen atoms in total. The predicted octanol–water partition coefficient (Wildman–Crippen LogP) is 0.956. The monoisotopic (exact) mass is 368 g/mol. The molecule has 0 aliphatic carbocycles. The number of ether oxygens (including phenoxy) is 2. The van der Waals surface area contributed by atoms with Crippen LogP contribution in [0.25, 0.3) is 0 Å². The van der Waals surface area contributed by atoms with Crippen molar-refractivity contribution in [3.63, 3.8) is 0 Å². The number of rotatable bonds is 6. The van der Waals surface area contributed by atoms with Gasteiger partial charge in [0.25, 0.3) is 11.6 Å². The van der Waals surface area contributed by atoms with Crippen molar-refractivity contribution in [3.8, 4) is 5.75 Å². The quantitative estimate of drug-likeness (QED) is 0.386. The van der Waals surface area contributed by atoms with E-state index >= 15 is 0 Å². The fourth-order valence-corrected chi connectivity index (χ4v) is 2.42. The largest absolute Gasteiger partial charge is 0.484 e. The van der Waals surface area contributed by atoms with Crippen molar-refractivity contribution in [1.82, 2.24) is 16.2 Å². The molecule has 10 heteroatoms. The fourth-order valence-electron chi connectivity index (χ4n) is 2.29. The van der Waals surface area contributed by atoms with Crippen LogP contribution in [0.15, 0.2) is 18.2 Å². The van der Waals surface area contributed by atoms with Crippen LogP contribution in [0.1, 0.15) is 18.4 Å². The summed E-state index contributed by atoms with van der Waals surface area (Å²) in [4.78, 5) is 22.0. The van der Waals surface area contributed by atoms with Gasteiger partial charge in [-0.2, -0.15) is 0 Å². The number of carbonyl (C=O) groups excluding carboxylic acids is 1. The van der Waals surface area contributed by atoms with Crippen molar-refractivity contribution >= 4 is 28.9 Å². The minimum absolute atomic E-state index is 0.00105. The number of nitrogens with one attached hydrogen (secondary N) is 3. The molecule has 1 aromatic rings. The normalized spacial score (nSPS) is 16.1. The maximum Gasteiger partial charge on any atom is 0.276 e. The molecule has 0 bridgehead atoms. The van der Waals surface area contributed by atoms with E-state index in [-0.39, 0.29) is 23.5 Å². The lowest BCUT2D eigenvalue weighted by atomic mass is 10.2. The molecule has 1 amide bonds. The van der Waals surface area contributed by atoms with Crippen LogP contribution in [-0.2, 0) is 9.53 Å². The Balaban J connectivity index is 1.67. The minimum atomic E-state index is -0.472. The lowest BCUT2D eigenvalue weighted by molar-refractivity contribution is -0.385. The molecule has 0 spiro atoms. The number of benzene rings is 1. The molecule has 1 aliphatic heterocycles. The summed E-state index contributed by atoms with van der Waals surface area (Å²) in [5.41, 5.74) is 5.44. The fraction of sp³-hybridized carbons (Fsp3) is 0.467. The van der Waals surface area contributed by atoms with E-state index in [0.717, 1.165) is 19.4 Å². The standard InChI is InChI=1S/C15H20N4O5S/c1-10-7-11(4-5-13(10)19(21)22)24-9-14(20)17-18-15(25)16-8-12-3-2-6-23-12/h4-5,7,12H,2-3,6,8-9H2,1H3,(H,17,20)(H2,16,18,25)/t12-/m1/s1. The van der Waals surface area contributed by atoms with E-state index in [1.54, 1.807) is 6.92 Å². The van der Waals surface area contributed by atoms with E-state index in [1.165, 1.54) is 18.2 Å². The smallest absolute Gasteiger partial charge is 0.276 e. The van der Waals surface area contributed by atoms with Gasteiger partial charge in [0.2, 0.25) is 0 Å². The maximum absolute atomic E-state index is 11.7. The van der Waals surface area contributed by atoms with E-state index in [1.807, 2.05) is 0 Å². The molecule has 0 aromatic heterocycles. The Kier molecular flexibility index (Phi) is 6.90. The first-order valence-corrected chi connectivity index (χ1v) is 8.18. The van der Waals surface area contributed by atoms with Crippen LogP contribution in [0.2, 0.25) is 0 Å². The molecule has 3 N–H and O–H groups in total. The highest BCUT2D eigenvalue weighted by atomic mass is 32.1.